The molecule has 0 amide bonds. The molecule has 2 rings (SSSR count). The van der Waals surface area contributed by atoms with Gasteiger partial charge in [0.25, 0.3) is 0 Å². The van der Waals surface area contributed by atoms with Crippen LogP contribution < -0.4 is 4.74 Å². The van der Waals surface area contributed by atoms with Crippen molar-refractivity contribution in [3.8, 4) is 17.2 Å². The van der Waals surface area contributed by atoms with Crippen LogP contribution in [0.25, 0.3) is 12.2 Å². The Bertz CT molecular complexity index is 728. The first kappa shape index (κ1) is 16.6. The minimum Gasteiger partial charge on any atom is -0.508 e. The van der Waals surface area contributed by atoms with E-state index in [1.165, 1.54) is 13.2 Å². The lowest BCUT2D eigenvalue weighted by atomic mass is 9.94. The van der Waals surface area contributed by atoms with Crippen molar-refractivity contribution in [1.29, 1.82) is 0 Å². The molecule has 0 spiro atoms. The van der Waals surface area contributed by atoms with Gasteiger partial charge in [-0.2, -0.15) is 0 Å². The van der Waals surface area contributed by atoms with Crippen molar-refractivity contribution >= 4 is 17.9 Å². The second-order valence-electron chi connectivity index (χ2n) is 5.55. The molecule has 0 saturated carbocycles. The van der Waals surface area contributed by atoms with Crippen LogP contribution in [0.3, 0.4) is 0 Å². The predicted molar refractivity (Wildman–Crippen MR) is 90.9 cm³/mol. The summed E-state index contributed by atoms with van der Waals surface area (Å²) in [7, 11) is 1.51. The smallest absolute Gasteiger partial charge is 0.169 e. The van der Waals surface area contributed by atoms with Crippen LogP contribution >= 0.6 is 0 Å². The van der Waals surface area contributed by atoms with Crippen molar-refractivity contribution in [2.75, 3.05) is 7.11 Å². The lowest BCUT2D eigenvalue weighted by Gasteiger charge is -2.12. The van der Waals surface area contributed by atoms with E-state index in [1.54, 1.807) is 50.3 Å². The first-order chi connectivity index (χ1) is 10.9. The molecule has 0 atom stereocenters. The number of phenols is 2. The highest BCUT2D eigenvalue weighted by molar-refractivity contribution is 6.04. The highest BCUT2D eigenvalue weighted by Gasteiger charge is 2.19. The van der Waals surface area contributed by atoms with Crippen molar-refractivity contribution in [3.63, 3.8) is 0 Å². The number of phenolic OH excluding ortho intramolecular Hbond substituents is 2. The number of rotatable bonds is 5. The standard InChI is InChI=1S/C19H20O4/c1-12(2)19(22)18-14(10-16(23-3)11-17(18)21)7-4-13-5-8-15(20)9-6-13/h4-12,20-21H,1-3H3/b7-4+. The number of hydrogen-bond acceptors (Lipinski definition) is 4. The molecule has 4 heteroatoms. The normalized spacial score (nSPS) is 11.1. The van der Waals surface area contributed by atoms with Gasteiger partial charge in [0.2, 0.25) is 0 Å². The van der Waals surface area contributed by atoms with Crippen LogP contribution in [-0.4, -0.2) is 23.1 Å². The SMILES string of the molecule is COc1cc(O)c(C(=O)C(C)C)c(/C=C/c2ccc(O)cc2)c1. The molecule has 4 nitrogen and oxygen atoms in total. The van der Waals surface area contributed by atoms with E-state index in [1.807, 2.05) is 6.08 Å². The van der Waals surface area contributed by atoms with E-state index in [-0.39, 0.29) is 28.8 Å². The summed E-state index contributed by atoms with van der Waals surface area (Å²) < 4.78 is 5.16. The third-order valence-corrected chi connectivity index (χ3v) is 3.48. The van der Waals surface area contributed by atoms with Crippen molar-refractivity contribution in [2.45, 2.75) is 13.8 Å². The zero-order valence-electron chi connectivity index (χ0n) is 13.4. The summed E-state index contributed by atoms with van der Waals surface area (Å²) in [5.41, 5.74) is 1.75. The minimum absolute atomic E-state index is 0.0894. The topological polar surface area (TPSA) is 66.8 Å². The second-order valence-corrected chi connectivity index (χ2v) is 5.55. The molecule has 0 aliphatic carbocycles. The number of hydrogen-bond donors (Lipinski definition) is 2. The minimum atomic E-state index is -0.227. The van der Waals surface area contributed by atoms with E-state index >= 15 is 0 Å². The van der Waals surface area contributed by atoms with Crippen molar-refractivity contribution in [2.24, 2.45) is 5.92 Å². The van der Waals surface area contributed by atoms with E-state index in [0.29, 0.717) is 11.3 Å². The number of ketones is 1. The van der Waals surface area contributed by atoms with Crippen LogP contribution in [0.2, 0.25) is 0 Å². The summed E-state index contributed by atoms with van der Waals surface area (Å²) in [5, 5.41) is 19.5. The molecule has 0 unspecified atom stereocenters. The largest absolute Gasteiger partial charge is 0.508 e. The van der Waals surface area contributed by atoms with Gasteiger partial charge >= 0.3 is 0 Å². The Morgan fingerprint density at radius 1 is 1.09 bits per heavy atom. The molecule has 0 aliphatic heterocycles. The van der Waals surface area contributed by atoms with Crippen molar-refractivity contribution in [1.82, 2.24) is 0 Å². The molecule has 0 saturated heterocycles. The Balaban J connectivity index is 2.48. The average molecular weight is 312 g/mol. The molecule has 120 valence electrons. The van der Waals surface area contributed by atoms with E-state index in [4.69, 9.17) is 4.74 Å². The molecule has 0 aromatic heterocycles. The van der Waals surface area contributed by atoms with Gasteiger partial charge in [0.1, 0.15) is 17.2 Å². The zero-order valence-corrected chi connectivity index (χ0v) is 13.4. The van der Waals surface area contributed by atoms with Gasteiger partial charge in [0.15, 0.2) is 5.78 Å². The maximum absolute atomic E-state index is 12.4. The molecular weight excluding hydrogens is 292 g/mol. The first-order valence-electron chi connectivity index (χ1n) is 7.34. The molecule has 0 radical (unpaired) electrons. The number of ether oxygens (including phenoxy) is 1. The third-order valence-electron chi connectivity index (χ3n) is 3.48. The first-order valence-corrected chi connectivity index (χ1v) is 7.34. The highest BCUT2D eigenvalue weighted by Crippen LogP contribution is 2.31. The molecule has 2 aromatic carbocycles. The number of carbonyl (C=O) groups is 1. The fraction of sp³-hybridized carbons (Fsp3) is 0.211. The molecule has 2 N–H and O–H groups in total. The maximum atomic E-state index is 12.4. The van der Waals surface area contributed by atoms with Gasteiger partial charge in [-0.3, -0.25) is 4.79 Å². The number of benzene rings is 2. The van der Waals surface area contributed by atoms with Gasteiger partial charge < -0.3 is 14.9 Å². The van der Waals surface area contributed by atoms with Crippen LogP contribution in [0.4, 0.5) is 0 Å². The Kier molecular flexibility index (Phi) is 5.06. The van der Waals surface area contributed by atoms with Crippen LogP contribution in [0.15, 0.2) is 36.4 Å². The summed E-state index contributed by atoms with van der Waals surface area (Å²) in [5.74, 6) is 0.226. The molecule has 0 aliphatic rings. The molecule has 23 heavy (non-hydrogen) atoms. The van der Waals surface area contributed by atoms with Crippen LogP contribution in [0.5, 0.6) is 17.2 Å². The number of methoxy groups -OCH3 is 1. The summed E-state index contributed by atoms with van der Waals surface area (Å²) in [4.78, 5) is 12.4. The molecule has 0 heterocycles. The Labute approximate surface area is 135 Å². The summed E-state index contributed by atoms with van der Waals surface area (Å²) in [6.07, 6.45) is 3.56. The predicted octanol–water partition coefficient (Wildman–Crippen LogP) is 4.12. The van der Waals surface area contributed by atoms with Gasteiger partial charge in [0.05, 0.1) is 12.7 Å². The van der Waals surface area contributed by atoms with Gasteiger partial charge in [-0.1, -0.05) is 38.1 Å². The van der Waals surface area contributed by atoms with Gasteiger partial charge in [-0.15, -0.1) is 0 Å². The lowest BCUT2D eigenvalue weighted by Crippen LogP contribution is -2.09. The molecule has 2 aromatic rings. The van der Waals surface area contributed by atoms with E-state index < -0.39 is 0 Å². The third kappa shape index (κ3) is 3.92. The summed E-state index contributed by atoms with van der Waals surface area (Å²) in [6, 6.07) is 9.84. The maximum Gasteiger partial charge on any atom is 0.169 e. The highest BCUT2D eigenvalue weighted by atomic mass is 16.5. The lowest BCUT2D eigenvalue weighted by molar-refractivity contribution is 0.0936. The van der Waals surface area contributed by atoms with Crippen LogP contribution in [0, 0.1) is 5.92 Å². The molecule has 0 bridgehead atoms. The van der Waals surface area contributed by atoms with Gasteiger partial charge in [0, 0.05) is 12.0 Å². The Morgan fingerprint density at radius 2 is 1.74 bits per heavy atom. The van der Waals surface area contributed by atoms with E-state index in [2.05, 4.69) is 0 Å². The number of aromatic hydroxyl groups is 2. The van der Waals surface area contributed by atoms with E-state index in [0.717, 1.165) is 5.56 Å². The quantitative estimate of drug-likeness (QED) is 0.644. The average Bonchev–Trinajstić information content (AvgIpc) is 2.53. The van der Waals surface area contributed by atoms with Crippen LogP contribution in [0.1, 0.15) is 35.3 Å². The van der Waals surface area contributed by atoms with Gasteiger partial charge in [-0.05, 0) is 29.3 Å². The Morgan fingerprint density at radius 3 is 2.30 bits per heavy atom. The van der Waals surface area contributed by atoms with Crippen molar-refractivity contribution in [3.05, 3.63) is 53.1 Å². The van der Waals surface area contributed by atoms with Crippen LogP contribution in [-0.2, 0) is 0 Å². The zero-order chi connectivity index (χ0) is 17.0. The van der Waals surface area contributed by atoms with E-state index in [9.17, 15) is 15.0 Å². The van der Waals surface area contributed by atoms with Gasteiger partial charge in [-0.25, -0.2) is 0 Å². The fourth-order valence-electron chi connectivity index (χ4n) is 2.20. The summed E-state index contributed by atoms with van der Waals surface area (Å²) in [6.45, 7) is 3.58. The summed E-state index contributed by atoms with van der Waals surface area (Å²) >= 11 is 0. The Hall–Kier alpha value is -2.75. The molecular formula is C19H20O4. The number of carbonyl (C=O) groups excluding carboxylic acids is 1. The number of Topliss-reactive ketones (excluding diaryl/α,β-unsaturated/α-hetero) is 1. The monoisotopic (exact) mass is 312 g/mol. The second kappa shape index (κ2) is 7.01. The van der Waals surface area contributed by atoms with Crippen molar-refractivity contribution < 1.29 is 19.7 Å². The molecule has 0 fully saturated rings. The fourth-order valence-corrected chi connectivity index (χ4v) is 2.20.